The van der Waals surface area contributed by atoms with E-state index in [0.29, 0.717) is 0 Å². The smallest absolute Gasteiger partial charge is 0.358 e. The predicted molar refractivity (Wildman–Crippen MR) is 48.9 cm³/mol. The lowest BCUT2D eigenvalue weighted by molar-refractivity contribution is -0.391. The van der Waals surface area contributed by atoms with Gasteiger partial charge >= 0.3 is 5.82 Å². The maximum absolute atomic E-state index is 12.5. The molecule has 0 fully saturated rings. The summed E-state index contributed by atoms with van der Waals surface area (Å²) >= 11 is 2.71. The Kier molecular flexibility index (Phi) is 3.40. The highest BCUT2D eigenvalue weighted by Gasteiger charge is 2.28. The van der Waals surface area contributed by atoms with Crippen molar-refractivity contribution in [2.24, 2.45) is 0 Å². The minimum Gasteiger partial charge on any atom is -0.358 e. The lowest BCUT2D eigenvalue weighted by atomic mass is 10.2. The van der Waals surface area contributed by atoms with Crippen LogP contribution in [-0.2, 0) is 0 Å². The summed E-state index contributed by atoms with van der Waals surface area (Å²) in [5.41, 5.74) is -1.04. The van der Waals surface area contributed by atoms with Gasteiger partial charge in [-0.25, -0.2) is 8.78 Å². The number of carbonyl (C=O) groups excluding carboxylic acids is 1. The summed E-state index contributed by atoms with van der Waals surface area (Å²) in [4.78, 5) is 22.9. The zero-order valence-electron chi connectivity index (χ0n) is 6.99. The van der Waals surface area contributed by atoms with Gasteiger partial charge in [-0.15, -0.1) is 0 Å². The number of nitro groups is 1. The van der Waals surface area contributed by atoms with Gasteiger partial charge in [0, 0.05) is 4.47 Å². The number of pyridine rings is 1. The average Bonchev–Trinajstić information content (AvgIpc) is 2.16. The van der Waals surface area contributed by atoms with Crippen molar-refractivity contribution in [1.82, 2.24) is 4.98 Å². The van der Waals surface area contributed by atoms with Crippen LogP contribution in [0.15, 0.2) is 10.7 Å². The number of rotatable bonds is 3. The van der Waals surface area contributed by atoms with Crippen LogP contribution in [-0.4, -0.2) is 16.2 Å². The number of aromatic nitrogens is 1. The van der Waals surface area contributed by atoms with Gasteiger partial charge in [-0.3, -0.25) is 4.79 Å². The number of hydrogen-bond acceptors (Lipinski definition) is 4. The third-order valence-corrected chi connectivity index (χ3v) is 2.46. The largest absolute Gasteiger partial charge is 0.373 e. The molecule has 0 aliphatic rings. The Labute approximate surface area is 90.4 Å². The fraction of sp³-hybridized carbons (Fsp3) is 0.143. The Morgan fingerprint density at radius 2 is 2.20 bits per heavy atom. The van der Waals surface area contributed by atoms with Crippen molar-refractivity contribution in [2.75, 3.05) is 0 Å². The Bertz CT molecular complexity index is 425. The summed E-state index contributed by atoms with van der Waals surface area (Å²) in [6.45, 7) is 0. The molecule has 15 heavy (non-hydrogen) atoms. The zero-order chi connectivity index (χ0) is 11.6. The van der Waals surface area contributed by atoms with Crippen molar-refractivity contribution in [1.29, 1.82) is 0 Å². The third kappa shape index (κ3) is 2.14. The minimum absolute atomic E-state index is 0.157. The molecule has 0 atom stereocenters. The van der Waals surface area contributed by atoms with E-state index in [0.717, 1.165) is 6.20 Å². The standard InChI is InChI=1S/C7H3BrF2N2O3/c8-5-3(2-13)1-11-7(12(14)15)4(5)6(9)10/h1-2,6H. The molecule has 0 N–H and O–H groups in total. The quantitative estimate of drug-likeness (QED) is 0.484. The Morgan fingerprint density at radius 3 is 2.60 bits per heavy atom. The van der Waals surface area contributed by atoms with Crippen LogP contribution < -0.4 is 0 Å². The SMILES string of the molecule is O=Cc1cnc([N+](=O)[O-])c(C(F)F)c1Br. The Morgan fingerprint density at radius 1 is 1.60 bits per heavy atom. The zero-order valence-corrected chi connectivity index (χ0v) is 8.57. The molecule has 0 bridgehead atoms. The molecule has 80 valence electrons. The van der Waals surface area contributed by atoms with E-state index in [9.17, 15) is 23.7 Å². The van der Waals surface area contributed by atoms with Crippen molar-refractivity contribution in [3.8, 4) is 0 Å². The van der Waals surface area contributed by atoms with Crippen molar-refractivity contribution in [3.05, 3.63) is 31.9 Å². The summed E-state index contributed by atoms with van der Waals surface area (Å²) in [5.74, 6) is -0.956. The van der Waals surface area contributed by atoms with Gasteiger partial charge in [0.2, 0.25) is 0 Å². The monoisotopic (exact) mass is 280 g/mol. The van der Waals surface area contributed by atoms with Crippen molar-refractivity contribution in [3.63, 3.8) is 0 Å². The summed E-state index contributed by atoms with van der Waals surface area (Å²) < 4.78 is 24.7. The van der Waals surface area contributed by atoms with Crippen LogP contribution in [0.25, 0.3) is 0 Å². The molecule has 5 nitrogen and oxygen atoms in total. The van der Waals surface area contributed by atoms with Crippen molar-refractivity contribution in [2.45, 2.75) is 6.43 Å². The Hall–Kier alpha value is -1.44. The maximum atomic E-state index is 12.5. The van der Waals surface area contributed by atoms with Gasteiger partial charge in [-0.1, -0.05) is 0 Å². The molecule has 8 heteroatoms. The van der Waals surface area contributed by atoms with Crippen molar-refractivity contribution < 1.29 is 18.5 Å². The van der Waals surface area contributed by atoms with E-state index < -0.39 is 22.7 Å². The molecule has 0 saturated carbocycles. The van der Waals surface area contributed by atoms with Crippen LogP contribution in [0, 0.1) is 10.1 Å². The second-order valence-electron chi connectivity index (χ2n) is 2.44. The van der Waals surface area contributed by atoms with Gasteiger partial charge < -0.3 is 10.1 Å². The summed E-state index contributed by atoms with van der Waals surface area (Å²) in [5, 5.41) is 10.4. The van der Waals surface area contributed by atoms with E-state index >= 15 is 0 Å². The highest BCUT2D eigenvalue weighted by molar-refractivity contribution is 9.10. The van der Waals surface area contributed by atoms with E-state index in [-0.39, 0.29) is 16.3 Å². The first-order valence-electron chi connectivity index (χ1n) is 3.55. The van der Waals surface area contributed by atoms with Crippen LogP contribution in [0.2, 0.25) is 0 Å². The van der Waals surface area contributed by atoms with Gasteiger partial charge in [-0.2, -0.15) is 0 Å². The molecule has 0 unspecified atom stereocenters. The predicted octanol–water partition coefficient (Wildman–Crippen LogP) is 2.50. The highest BCUT2D eigenvalue weighted by atomic mass is 79.9. The van der Waals surface area contributed by atoms with Crippen LogP contribution in [0.1, 0.15) is 22.3 Å². The van der Waals surface area contributed by atoms with Gasteiger partial charge in [0.1, 0.15) is 5.56 Å². The molecule has 0 aliphatic heterocycles. The molecule has 1 rings (SSSR count). The number of carbonyl (C=O) groups is 1. The van der Waals surface area contributed by atoms with Crippen LogP contribution in [0.3, 0.4) is 0 Å². The van der Waals surface area contributed by atoms with Crippen LogP contribution in [0.5, 0.6) is 0 Å². The molecule has 0 amide bonds. The molecule has 0 radical (unpaired) electrons. The second kappa shape index (κ2) is 4.39. The average molecular weight is 281 g/mol. The molecule has 1 aromatic rings. The normalized spacial score (nSPS) is 10.4. The van der Waals surface area contributed by atoms with E-state index in [2.05, 4.69) is 20.9 Å². The number of nitrogens with zero attached hydrogens (tertiary/aromatic N) is 2. The number of alkyl halides is 2. The summed E-state index contributed by atoms with van der Waals surface area (Å²) in [7, 11) is 0. The molecular weight excluding hydrogens is 278 g/mol. The lowest BCUT2D eigenvalue weighted by Crippen LogP contribution is -2.02. The Balaban J connectivity index is 3.51. The first-order valence-corrected chi connectivity index (χ1v) is 4.34. The minimum atomic E-state index is -3.08. The number of hydrogen-bond donors (Lipinski definition) is 0. The number of halogens is 3. The second-order valence-corrected chi connectivity index (χ2v) is 3.23. The van der Waals surface area contributed by atoms with Gasteiger partial charge in [-0.05, 0) is 25.8 Å². The molecule has 0 aliphatic carbocycles. The molecular formula is C7H3BrF2N2O3. The fourth-order valence-corrected chi connectivity index (χ4v) is 1.48. The van der Waals surface area contributed by atoms with E-state index in [4.69, 9.17) is 0 Å². The van der Waals surface area contributed by atoms with Gasteiger partial charge in [0.25, 0.3) is 6.43 Å². The molecule has 1 aromatic heterocycles. The topological polar surface area (TPSA) is 73.1 Å². The third-order valence-electron chi connectivity index (χ3n) is 1.57. The fourth-order valence-electron chi connectivity index (χ4n) is 0.932. The highest BCUT2D eigenvalue weighted by Crippen LogP contribution is 2.35. The molecule has 1 heterocycles. The van der Waals surface area contributed by atoms with E-state index in [1.54, 1.807) is 0 Å². The summed E-state index contributed by atoms with van der Waals surface area (Å²) in [6.07, 6.45) is -1.93. The first-order chi connectivity index (χ1) is 6.99. The van der Waals surface area contributed by atoms with Gasteiger partial charge in [0.05, 0.1) is 5.56 Å². The molecule has 0 aromatic carbocycles. The van der Waals surface area contributed by atoms with Crippen LogP contribution >= 0.6 is 15.9 Å². The van der Waals surface area contributed by atoms with Crippen LogP contribution in [0.4, 0.5) is 14.6 Å². The first kappa shape index (κ1) is 11.6. The van der Waals surface area contributed by atoms with Crippen molar-refractivity contribution >= 4 is 28.0 Å². The lowest BCUT2D eigenvalue weighted by Gasteiger charge is -2.04. The van der Waals surface area contributed by atoms with E-state index in [1.165, 1.54) is 0 Å². The van der Waals surface area contributed by atoms with E-state index in [1.807, 2.05) is 0 Å². The number of aldehydes is 1. The molecule has 0 saturated heterocycles. The molecule has 0 spiro atoms. The van der Waals surface area contributed by atoms with Gasteiger partial charge in [0.15, 0.2) is 12.5 Å². The maximum Gasteiger partial charge on any atom is 0.373 e. The summed E-state index contributed by atoms with van der Waals surface area (Å²) in [6, 6.07) is 0.